The third-order valence-electron chi connectivity index (χ3n) is 4.62. The maximum atomic E-state index is 12.4. The fraction of sp³-hybridized carbons (Fsp3) is 0.550. The second-order valence-electron chi connectivity index (χ2n) is 8.14. The first-order chi connectivity index (χ1) is 13.2. The van der Waals surface area contributed by atoms with Gasteiger partial charge in [-0.15, -0.1) is 5.06 Å². The molecule has 8 nitrogen and oxygen atoms in total. The van der Waals surface area contributed by atoms with Crippen LogP contribution in [0.1, 0.15) is 45.6 Å². The number of amides is 1. The molecule has 2 heterocycles. The Bertz CT molecular complexity index is 734. The molecular formula is C20H27N3O5. The van der Waals surface area contributed by atoms with Crippen LogP contribution in [0.4, 0.5) is 4.79 Å². The molecule has 0 aromatic heterocycles. The molecule has 1 aromatic rings. The highest BCUT2D eigenvalue weighted by atomic mass is 16.8. The van der Waals surface area contributed by atoms with Gasteiger partial charge in [-0.3, -0.25) is 4.79 Å². The van der Waals surface area contributed by atoms with Crippen LogP contribution in [0.5, 0.6) is 0 Å². The van der Waals surface area contributed by atoms with Gasteiger partial charge in [0, 0.05) is 38.9 Å². The van der Waals surface area contributed by atoms with Gasteiger partial charge in [0.2, 0.25) is 0 Å². The fourth-order valence-corrected chi connectivity index (χ4v) is 3.15. The Morgan fingerprint density at radius 2 is 1.89 bits per heavy atom. The van der Waals surface area contributed by atoms with Crippen LogP contribution < -0.4 is 5.32 Å². The Morgan fingerprint density at radius 1 is 1.21 bits per heavy atom. The van der Waals surface area contributed by atoms with Gasteiger partial charge in [0.15, 0.2) is 0 Å². The van der Waals surface area contributed by atoms with Gasteiger partial charge in [-0.1, -0.05) is 35.5 Å². The average molecular weight is 389 g/mol. The number of ether oxygens (including phenoxy) is 1. The summed E-state index contributed by atoms with van der Waals surface area (Å²) in [6.07, 6.45) is 0.949. The number of carbonyl (C=O) groups is 2. The fourth-order valence-electron chi connectivity index (χ4n) is 3.15. The number of hydroxylamine groups is 2. The zero-order chi connectivity index (χ0) is 20.2. The van der Waals surface area contributed by atoms with Crippen molar-refractivity contribution in [3.63, 3.8) is 0 Å². The van der Waals surface area contributed by atoms with Crippen LogP contribution in [-0.4, -0.2) is 47.1 Å². The van der Waals surface area contributed by atoms with Gasteiger partial charge in [-0.2, -0.15) is 0 Å². The van der Waals surface area contributed by atoms with Crippen LogP contribution >= 0.6 is 0 Å². The molecule has 0 bridgehead atoms. The predicted octanol–water partition coefficient (Wildman–Crippen LogP) is 2.78. The molecule has 3 rings (SSSR count). The molecular weight excluding hydrogens is 362 g/mol. The Labute approximate surface area is 164 Å². The summed E-state index contributed by atoms with van der Waals surface area (Å²) in [5, 5.41) is 8.45. The molecule has 0 radical (unpaired) electrons. The van der Waals surface area contributed by atoms with E-state index in [1.165, 1.54) is 0 Å². The minimum atomic E-state index is -0.715. The van der Waals surface area contributed by atoms with Crippen LogP contribution in [0.25, 0.3) is 0 Å². The van der Waals surface area contributed by atoms with E-state index in [2.05, 4.69) is 10.5 Å². The standard InChI is InChI=1S/C20H27N3O5/c1-19(2,3)26-18(25)27-23-11-9-20(10-12-23)13-16(22-28-20)17(24)21-14-15-7-5-4-6-8-15/h4-8H,9-14H2,1-3H3,(H,21,24). The highest BCUT2D eigenvalue weighted by Gasteiger charge is 2.44. The van der Waals surface area contributed by atoms with E-state index in [9.17, 15) is 9.59 Å². The average Bonchev–Trinajstić information content (AvgIpc) is 3.05. The molecule has 0 saturated carbocycles. The molecule has 0 atom stereocenters. The molecule has 1 spiro atoms. The lowest BCUT2D eigenvalue weighted by Gasteiger charge is -2.35. The van der Waals surface area contributed by atoms with Crippen molar-refractivity contribution in [2.45, 2.75) is 57.8 Å². The molecule has 2 aliphatic rings. The number of rotatable bonds is 4. The van der Waals surface area contributed by atoms with Crippen LogP contribution in [0, 0.1) is 0 Å². The molecule has 0 aliphatic carbocycles. The summed E-state index contributed by atoms with van der Waals surface area (Å²) < 4.78 is 5.16. The van der Waals surface area contributed by atoms with Gasteiger partial charge >= 0.3 is 6.16 Å². The molecule has 1 fully saturated rings. The maximum absolute atomic E-state index is 12.4. The Morgan fingerprint density at radius 3 is 2.54 bits per heavy atom. The van der Waals surface area contributed by atoms with Gasteiger partial charge in [-0.25, -0.2) is 4.79 Å². The van der Waals surface area contributed by atoms with Crippen LogP contribution in [0.3, 0.4) is 0 Å². The van der Waals surface area contributed by atoms with Crippen molar-refractivity contribution in [3.8, 4) is 0 Å². The van der Waals surface area contributed by atoms with Crippen molar-refractivity contribution in [1.82, 2.24) is 10.4 Å². The van der Waals surface area contributed by atoms with Crippen molar-refractivity contribution in [2.24, 2.45) is 5.16 Å². The third kappa shape index (κ3) is 5.45. The SMILES string of the molecule is CC(C)(C)OC(=O)ON1CCC2(CC1)CC(C(=O)NCc1ccccc1)=NO2. The van der Waals surface area contributed by atoms with E-state index in [1.54, 1.807) is 25.8 Å². The first-order valence-corrected chi connectivity index (χ1v) is 9.48. The van der Waals surface area contributed by atoms with E-state index in [0.717, 1.165) is 5.56 Å². The summed E-state index contributed by atoms with van der Waals surface area (Å²) in [4.78, 5) is 35.0. The summed E-state index contributed by atoms with van der Waals surface area (Å²) in [5.41, 5.74) is 0.321. The Hall–Kier alpha value is -2.61. The lowest BCUT2D eigenvalue weighted by molar-refractivity contribution is -0.180. The molecule has 1 saturated heterocycles. The monoisotopic (exact) mass is 389 g/mol. The van der Waals surface area contributed by atoms with Crippen LogP contribution in [0.15, 0.2) is 35.5 Å². The van der Waals surface area contributed by atoms with Gasteiger partial charge in [0.1, 0.15) is 16.9 Å². The topological polar surface area (TPSA) is 89.5 Å². The van der Waals surface area contributed by atoms with E-state index in [1.807, 2.05) is 30.3 Å². The van der Waals surface area contributed by atoms with E-state index >= 15 is 0 Å². The molecule has 1 N–H and O–H groups in total. The molecule has 152 valence electrons. The lowest BCUT2D eigenvalue weighted by atomic mass is 9.87. The number of hydrogen-bond donors (Lipinski definition) is 1. The molecule has 1 aromatic carbocycles. The number of nitrogens with zero attached hydrogens (tertiary/aromatic N) is 2. The second-order valence-corrected chi connectivity index (χ2v) is 8.14. The van der Waals surface area contributed by atoms with Gasteiger partial charge in [0.05, 0.1) is 0 Å². The number of carbonyl (C=O) groups excluding carboxylic acids is 2. The highest BCUT2D eigenvalue weighted by molar-refractivity contribution is 6.39. The number of piperidine rings is 1. The second kappa shape index (κ2) is 8.18. The summed E-state index contributed by atoms with van der Waals surface area (Å²) in [7, 11) is 0. The molecule has 28 heavy (non-hydrogen) atoms. The minimum Gasteiger partial charge on any atom is -0.427 e. The van der Waals surface area contributed by atoms with E-state index in [-0.39, 0.29) is 5.91 Å². The normalized spacial score (nSPS) is 18.9. The quantitative estimate of drug-likeness (QED) is 0.797. The highest BCUT2D eigenvalue weighted by Crippen LogP contribution is 2.34. The van der Waals surface area contributed by atoms with Crippen molar-refractivity contribution < 1.29 is 24.0 Å². The first kappa shape index (κ1) is 20.1. The number of hydrogen-bond acceptors (Lipinski definition) is 7. The van der Waals surface area contributed by atoms with Gasteiger partial charge in [0.25, 0.3) is 5.91 Å². The summed E-state index contributed by atoms with van der Waals surface area (Å²) in [6.45, 7) is 6.79. The third-order valence-corrected chi connectivity index (χ3v) is 4.62. The lowest BCUT2D eigenvalue weighted by Crippen LogP contribution is -2.46. The van der Waals surface area contributed by atoms with Gasteiger partial charge in [-0.05, 0) is 26.3 Å². The van der Waals surface area contributed by atoms with Crippen LogP contribution in [0.2, 0.25) is 0 Å². The zero-order valence-corrected chi connectivity index (χ0v) is 16.6. The zero-order valence-electron chi connectivity index (χ0n) is 16.6. The maximum Gasteiger partial charge on any atom is 0.528 e. The molecule has 2 aliphatic heterocycles. The smallest absolute Gasteiger partial charge is 0.427 e. The van der Waals surface area contributed by atoms with E-state index in [4.69, 9.17) is 14.4 Å². The number of oxime groups is 1. The summed E-state index contributed by atoms with van der Waals surface area (Å²) in [6, 6.07) is 9.70. The Balaban J connectivity index is 1.43. The largest absolute Gasteiger partial charge is 0.528 e. The van der Waals surface area contributed by atoms with Crippen molar-refractivity contribution >= 4 is 17.8 Å². The summed E-state index contributed by atoms with van der Waals surface area (Å²) in [5.74, 6) is -0.215. The molecule has 8 heteroatoms. The van der Waals surface area contributed by atoms with Gasteiger partial charge < -0.3 is 19.7 Å². The summed E-state index contributed by atoms with van der Waals surface area (Å²) >= 11 is 0. The predicted molar refractivity (Wildman–Crippen MR) is 102 cm³/mol. The van der Waals surface area contributed by atoms with Crippen LogP contribution in [-0.2, 0) is 25.8 Å². The first-order valence-electron chi connectivity index (χ1n) is 9.48. The Kier molecular flexibility index (Phi) is 5.88. The molecule has 1 amide bonds. The van der Waals surface area contributed by atoms with Crippen molar-refractivity contribution in [1.29, 1.82) is 0 Å². The number of benzene rings is 1. The molecule has 0 unspecified atom stereocenters. The van der Waals surface area contributed by atoms with E-state index in [0.29, 0.717) is 44.6 Å². The number of nitrogens with one attached hydrogen (secondary N) is 1. The minimum absolute atomic E-state index is 0.215. The van der Waals surface area contributed by atoms with E-state index < -0.39 is 17.4 Å². The van der Waals surface area contributed by atoms with Crippen molar-refractivity contribution in [3.05, 3.63) is 35.9 Å². The van der Waals surface area contributed by atoms with Crippen molar-refractivity contribution in [2.75, 3.05) is 13.1 Å².